The molecule has 1 saturated heterocycles. The lowest BCUT2D eigenvalue weighted by Crippen LogP contribution is -2.45. The molecule has 0 radical (unpaired) electrons. The third kappa shape index (κ3) is 4.70. The molecule has 2 aliphatic carbocycles. The summed E-state index contributed by atoms with van der Waals surface area (Å²) in [6.07, 6.45) is 9.29. The highest BCUT2D eigenvalue weighted by Crippen LogP contribution is 2.64. The Balaban J connectivity index is 1.66. The summed E-state index contributed by atoms with van der Waals surface area (Å²) < 4.78 is 19.0. The van der Waals surface area contributed by atoms with E-state index in [1.807, 2.05) is 0 Å². The van der Waals surface area contributed by atoms with E-state index >= 15 is 0 Å². The molecule has 0 aromatic heterocycles. The molecule has 1 aliphatic heterocycles. The molecular formula is C28H48O3Si. The van der Waals surface area contributed by atoms with Crippen LogP contribution in [0.2, 0.25) is 18.1 Å². The maximum absolute atomic E-state index is 6.54. The molecule has 1 heterocycles. The number of rotatable bonds is 7. The van der Waals surface area contributed by atoms with Crippen LogP contribution in [-0.4, -0.2) is 26.3 Å². The molecule has 4 heteroatoms. The van der Waals surface area contributed by atoms with Crippen molar-refractivity contribution in [2.45, 2.75) is 117 Å². The highest BCUT2D eigenvalue weighted by Gasteiger charge is 2.62. The van der Waals surface area contributed by atoms with Gasteiger partial charge in [0.25, 0.3) is 0 Å². The van der Waals surface area contributed by atoms with Crippen LogP contribution in [0, 0.1) is 17.3 Å². The van der Waals surface area contributed by atoms with Crippen LogP contribution in [0.4, 0.5) is 0 Å². The SMILES string of the molecule is C=C(O[Si](C)(C)C(C)(C)C)/C(C)=C/CC[C@H]1C[C@H]2C[C@@]1(C(=C)C)CC[C@]21COC(C)(C)O1. The number of fused-ring (bicyclic) bond motifs is 3. The summed E-state index contributed by atoms with van der Waals surface area (Å²) >= 11 is 0. The maximum Gasteiger partial charge on any atom is 0.250 e. The molecule has 2 bridgehead atoms. The Kier molecular flexibility index (Phi) is 6.79. The van der Waals surface area contributed by atoms with Crippen molar-refractivity contribution in [3.8, 4) is 0 Å². The van der Waals surface area contributed by atoms with Crippen LogP contribution in [0.3, 0.4) is 0 Å². The highest BCUT2D eigenvalue weighted by atomic mass is 28.4. The molecule has 3 nitrogen and oxygen atoms in total. The zero-order valence-corrected chi connectivity index (χ0v) is 23.3. The van der Waals surface area contributed by atoms with E-state index in [9.17, 15) is 0 Å². The predicted octanol–water partition coefficient (Wildman–Crippen LogP) is 8.15. The molecule has 0 N–H and O–H groups in total. The van der Waals surface area contributed by atoms with Crippen molar-refractivity contribution >= 4 is 8.32 Å². The van der Waals surface area contributed by atoms with Crippen LogP contribution in [0.1, 0.15) is 87.0 Å². The van der Waals surface area contributed by atoms with Gasteiger partial charge in [0, 0.05) is 0 Å². The number of hydrogen-bond donors (Lipinski definition) is 0. The van der Waals surface area contributed by atoms with Gasteiger partial charge < -0.3 is 13.9 Å². The summed E-state index contributed by atoms with van der Waals surface area (Å²) in [4.78, 5) is 0. The Morgan fingerprint density at radius 3 is 2.34 bits per heavy atom. The molecule has 3 aliphatic rings. The van der Waals surface area contributed by atoms with Gasteiger partial charge in [0.05, 0.1) is 18.0 Å². The Bertz CT molecular complexity index is 787. The average Bonchev–Trinajstić information content (AvgIpc) is 3.14. The lowest BCUT2D eigenvalue weighted by molar-refractivity contribution is -0.180. The van der Waals surface area contributed by atoms with Crippen molar-refractivity contribution in [3.05, 3.63) is 36.1 Å². The Hall–Kier alpha value is -0.843. The molecule has 32 heavy (non-hydrogen) atoms. The lowest BCUT2D eigenvalue weighted by atomic mass is 9.63. The molecule has 0 aromatic carbocycles. The minimum atomic E-state index is -1.85. The van der Waals surface area contributed by atoms with Gasteiger partial charge in [0.15, 0.2) is 5.79 Å². The molecular weight excluding hydrogens is 412 g/mol. The average molecular weight is 461 g/mol. The third-order valence-electron chi connectivity index (χ3n) is 9.25. The van der Waals surface area contributed by atoms with Crippen LogP contribution < -0.4 is 0 Å². The summed E-state index contributed by atoms with van der Waals surface area (Å²) in [5, 5.41) is 0.183. The normalized spacial score (nSPS) is 34.7. The van der Waals surface area contributed by atoms with E-state index in [4.69, 9.17) is 13.9 Å². The van der Waals surface area contributed by atoms with Crippen molar-refractivity contribution in [2.75, 3.05) is 6.61 Å². The molecule has 3 fully saturated rings. The zero-order valence-electron chi connectivity index (χ0n) is 22.3. The second kappa shape index (κ2) is 8.43. The first-order chi connectivity index (χ1) is 14.5. The summed E-state index contributed by atoms with van der Waals surface area (Å²) in [5.41, 5.74) is 2.73. The first kappa shape index (κ1) is 25.8. The van der Waals surface area contributed by atoms with Crippen LogP contribution in [0.25, 0.3) is 0 Å². The van der Waals surface area contributed by atoms with Crippen molar-refractivity contribution < 1.29 is 13.9 Å². The van der Waals surface area contributed by atoms with E-state index < -0.39 is 14.1 Å². The van der Waals surface area contributed by atoms with Crippen molar-refractivity contribution in [2.24, 2.45) is 17.3 Å². The molecule has 0 amide bonds. The summed E-state index contributed by atoms with van der Waals surface area (Å²) in [7, 11) is -1.85. The maximum atomic E-state index is 6.54. The topological polar surface area (TPSA) is 27.7 Å². The Labute approximate surface area is 198 Å². The second-order valence-electron chi connectivity index (χ2n) is 12.9. The first-order valence-corrected chi connectivity index (χ1v) is 15.5. The van der Waals surface area contributed by atoms with E-state index in [0.29, 0.717) is 11.8 Å². The third-order valence-corrected chi connectivity index (χ3v) is 13.6. The van der Waals surface area contributed by atoms with Gasteiger partial charge >= 0.3 is 0 Å². The molecule has 4 atom stereocenters. The van der Waals surface area contributed by atoms with Gasteiger partial charge in [-0.05, 0) is 107 Å². The lowest BCUT2D eigenvalue weighted by Gasteiger charge is -2.45. The van der Waals surface area contributed by atoms with Gasteiger partial charge in [-0.3, -0.25) is 0 Å². The molecule has 1 spiro atoms. The largest absolute Gasteiger partial charge is 0.544 e. The molecule has 0 aromatic rings. The Morgan fingerprint density at radius 1 is 1.16 bits per heavy atom. The minimum absolute atomic E-state index is 0.0890. The fraction of sp³-hybridized carbons (Fsp3) is 0.786. The predicted molar refractivity (Wildman–Crippen MR) is 137 cm³/mol. The van der Waals surface area contributed by atoms with E-state index in [2.05, 4.69) is 80.8 Å². The number of hydrogen-bond acceptors (Lipinski definition) is 3. The van der Waals surface area contributed by atoms with Gasteiger partial charge in [-0.15, -0.1) is 0 Å². The van der Waals surface area contributed by atoms with Gasteiger partial charge in [-0.25, -0.2) is 0 Å². The van der Waals surface area contributed by atoms with Crippen LogP contribution in [0.5, 0.6) is 0 Å². The molecule has 0 unspecified atom stereocenters. The van der Waals surface area contributed by atoms with Crippen molar-refractivity contribution in [1.82, 2.24) is 0 Å². The summed E-state index contributed by atoms with van der Waals surface area (Å²) in [6.45, 7) is 29.4. The monoisotopic (exact) mass is 460 g/mol. The van der Waals surface area contributed by atoms with Gasteiger partial charge in [0.2, 0.25) is 8.32 Å². The minimum Gasteiger partial charge on any atom is -0.544 e. The van der Waals surface area contributed by atoms with E-state index in [-0.39, 0.29) is 16.1 Å². The number of ether oxygens (including phenoxy) is 2. The van der Waals surface area contributed by atoms with E-state index in [1.165, 1.54) is 36.8 Å². The van der Waals surface area contributed by atoms with Crippen LogP contribution in [0.15, 0.2) is 36.1 Å². The standard InChI is InChI=1S/C28H48O3Si/c1-20(2)27-15-16-28(19-29-26(8,9)31-28)24(18-27)17-23(27)14-12-13-21(3)22(4)30-32(10,11)25(5,6)7/h13,23-24H,1,4,12,14-19H2,2-3,5-11H3/b21-13+/t23-,24-,27+,28-/m0/s1. The van der Waals surface area contributed by atoms with Crippen molar-refractivity contribution in [1.29, 1.82) is 0 Å². The van der Waals surface area contributed by atoms with E-state index in [0.717, 1.165) is 25.2 Å². The van der Waals surface area contributed by atoms with Gasteiger partial charge in [-0.2, -0.15) is 0 Å². The van der Waals surface area contributed by atoms with Crippen LogP contribution >= 0.6 is 0 Å². The number of allylic oxidation sites excluding steroid dienone is 3. The van der Waals surface area contributed by atoms with E-state index in [1.54, 1.807) is 0 Å². The van der Waals surface area contributed by atoms with Gasteiger partial charge in [0.1, 0.15) is 0 Å². The van der Waals surface area contributed by atoms with Crippen molar-refractivity contribution in [3.63, 3.8) is 0 Å². The fourth-order valence-electron chi connectivity index (χ4n) is 6.06. The zero-order chi connectivity index (χ0) is 24.2. The summed E-state index contributed by atoms with van der Waals surface area (Å²) in [6, 6.07) is 0. The second-order valence-corrected chi connectivity index (χ2v) is 17.6. The smallest absolute Gasteiger partial charge is 0.250 e. The highest BCUT2D eigenvalue weighted by molar-refractivity contribution is 6.74. The molecule has 182 valence electrons. The Morgan fingerprint density at radius 2 is 1.81 bits per heavy atom. The fourth-order valence-corrected chi connectivity index (χ4v) is 7.14. The summed E-state index contributed by atoms with van der Waals surface area (Å²) in [5.74, 6) is 1.64. The molecule has 3 rings (SSSR count). The quantitative estimate of drug-likeness (QED) is 0.166. The van der Waals surface area contributed by atoms with Gasteiger partial charge in [-0.1, -0.05) is 45.6 Å². The van der Waals surface area contributed by atoms with Crippen LogP contribution in [-0.2, 0) is 13.9 Å². The molecule has 2 saturated carbocycles. The first-order valence-electron chi connectivity index (χ1n) is 12.6.